The Morgan fingerprint density at radius 3 is 2.67 bits per heavy atom. The molecule has 2 N–H and O–H groups in total. The fourth-order valence-electron chi connectivity index (χ4n) is 2.63. The molecule has 0 bridgehead atoms. The number of carbonyl (C=O) groups is 1. The van der Waals surface area contributed by atoms with Gasteiger partial charge in [-0.3, -0.25) is 4.79 Å². The van der Waals surface area contributed by atoms with Crippen LogP contribution in [-0.2, 0) is 4.79 Å². The molecular formula is C15H30N2O. The van der Waals surface area contributed by atoms with Gasteiger partial charge in [-0.1, -0.05) is 40.0 Å². The zero-order valence-electron chi connectivity index (χ0n) is 12.3. The number of rotatable bonds is 7. The molecule has 0 aromatic heterocycles. The van der Waals surface area contributed by atoms with Crippen LogP contribution in [0.15, 0.2) is 0 Å². The number of hydrogen-bond donors (Lipinski definition) is 2. The van der Waals surface area contributed by atoms with Crippen molar-refractivity contribution in [1.29, 1.82) is 0 Å². The van der Waals surface area contributed by atoms with Crippen molar-refractivity contribution in [2.75, 3.05) is 19.6 Å². The third-order valence-corrected chi connectivity index (χ3v) is 4.03. The van der Waals surface area contributed by atoms with E-state index in [-0.39, 0.29) is 5.91 Å². The summed E-state index contributed by atoms with van der Waals surface area (Å²) in [5.74, 6) is 2.37. The average Bonchev–Trinajstić information content (AvgIpc) is 2.31. The molecule has 1 saturated carbocycles. The topological polar surface area (TPSA) is 41.1 Å². The van der Waals surface area contributed by atoms with E-state index in [0.717, 1.165) is 31.3 Å². The maximum absolute atomic E-state index is 11.6. The SMILES string of the molecule is CC(C)CCNC(=O)CNCC1CCCCC1C. The molecule has 0 aromatic carbocycles. The number of hydrogen-bond acceptors (Lipinski definition) is 2. The Balaban J connectivity index is 2.04. The van der Waals surface area contributed by atoms with Gasteiger partial charge in [0.25, 0.3) is 0 Å². The van der Waals surface area contributed by atoms with Crippen molar-refractivity contribution in [3.8, 4) is 0 Å². The van der Waals surface area contributed by atoms with Gasteiger partial charge >= 0.3 is 0 Å². The van der Waals surface area contributed by atoms with E-state index in [2.05, 4.69) is 31.4 Å². The van der Waals surface area contributed by atoms with Crippen molar-refractivity contribution in [3.05, 3.63) is 0 Å². The van der Waals surface area contributed by atoms with E-state index in [1.165, 1.54) is 25.7 Å². The molecule has 1 aliphatic rings. The van der Waals surface area contributed by atoms with E-state index in [9.17, 15) is 4.79 Å². The first-order valence-corrected chi connectivity index (χ1v) is 7.57. The monoisotopic (exact) mass is 254 g/mol. The van der Waals surface area contributed by atoms with Crippen molar-refractivity contribution < 1.29 is 4.79 Å². The number of nitrogens with one attached hydrogen (secondary N) is 2. The lowest BCUT2D eigenvalue weighted by Gasteiger charge is -2.28. The summed E-state index contributed by atoms with van der Waals surface area (Å²) in [5.41, 5.74) is 0. The molecule has 1 amide bonds. The molecule has 0 radical (unpaired) electrons. The van der Waals surface area contributed by atoms with E-state index < -0.39 is 0 Å². The molecule has 18 heavy (non-hydrogen) atoms. The Morgan fingerprint density at radius 2 is 2.00 bits per heavy atom. The van der Waals surface area contributed by atoms with Gasteiger partial charge in [0, 0.05) is 6.54 Å². The summed E-state index contributed by atoms with van der Waals surface area (Å²) in [4.78, 5) is 11.6. The van der Waals surface area contributed by atoms with Crippen LogP contribution in [0.5, 0.6) is 0 Å². The Kier molecular flexibility index (Phi) is 7.33. The smallest absolute Gasteiger partial charge is 0.233 e. The lowest BCUT2D eigenvalue weighted by Crippen LogP contribution is -2.38. The molecule has 0 aromatic rings. The summed E-state index contributed by atoms with van der Waals surface area (Å²) >= 11 is 0. The van der Waals surface area contributed by atoms with E-state index >= 15 is 0 Å². The van der Waals surface area contributed by atoms with Crippen molar-refractivity contribution in [3.63, 3.8) is 0 Å². The molecule has 3 nitrogen and oxygen atoms in total. The summed E-state index contributed by atoms with van der Waals surface area (Å²) in [6.07, 6.45) is 6.48. The van der Waals surface area contributed by atoms with E-state index in [1.54, 1.807) is 0 Å². The van der Waals surface area contributed by atoms with Gasteiger partial charge in [0.15, 0.2) is 0 Å². The van der Waals surface area contributed by atoms with Gasteiger partial charge in [-0.25, -0.2) is 0 Å². The predicted octanol–water partition coefficient (Wildman–Crippen LogP) is 2.56. The average molecular weight is 254 g/mol. The molecule has 1 fully saturated rings. The highest BCUT2D eigenvalue weighted by atomic mass is 16.1. The number of amides is 1. The van der Waals surface area contributed by atoms with Crippen LogP contribution in [0, 0.1) is 17.8 Å². The van der Waals surface area contributed by atoms with E-state index in [4.69, 9.17) is 0 Å². The predicted molar refractivity (Wildman–Crippen MR) is 76.5 cm³/mol. The van der Waals surface area contributed by atoms with Gasteiger partial charge in [0.1, 0.15) is 0 Å². The highest BCUT2D eigenvalue weighted by Crippen LogP contribution is 2.28. The highest BCUT2D eigenvalue weighted by molar-refractivity contribution is 5.77. The maximum atomic E-state index is 11.6. The molecule has 1 rings (SSSR count). The van der Waals surface area contributed by atoms with Crippen LogP contribution in [0.25, 0.3) is 0 Å². The Bertz CT molecular complexity index is 241. The molecule has 0 aliphatic heterocycles. The Hall–Kier alpha value is -0.570. The fourth-order valence-corrected chi connectivity index (χ4v) is 2.63. The largest absolute Gasteiger partial charge is 0.355 e. The minimum atomic E-state index is 0.138. The van der Waals surface area contributed by atoms with Gasteiger partial charge < -0.3 is 10.6 Å². The minimum absolute atomic E-state index is 0.138. The maximum Gasteiger partial charge on any atom is 0.233 e. The van der Waals surface area contributed by atoms with Gasteiger partial charge in [-0.15, -0.1) is 0 Å². The molecule has 106 valence electrons. The molecular weight excluding hydrogens is 224 g/mol. The zero-order chi connectivity index (χ0) is 13.4. The lowest BCUT2D eigenvalue weighted by molar-refractivity contribution is -0.120. The summed E-state index contributed by atoms with van der Waals surface area (Å²) in [6.45, 7) is 8.97. The van der Waals surface area contributed by atoms with Crippen molar-refractivity contribution in [2.24, 2.45) is 17.8 Å². The summed E-state index contributed by atoms with van der Waals surface area (Å²) in [6, 6.07) is 0. The van der Waals surface area contributed by atoms with Gasteiger partial charge in [-0.2, -0.15) is 0 Å². The molecule has 1 aliphatic carbocycles. The minimum Gasteiger partial charge on any atom is -0.355 e. The molecule has 3 heteroatoms. The Labute approximate surface area is 112 Å². The van der Waals surface area contributed by atoms with Crippen LogP contribution in [-0.4, -0.2) is 25.5 Å². The van der Waals surface area contributed by atoms with Crippen LogP contribution in [0.3, 0.4) is 0 Å². The van der Waals surface area contributed by atoms with Crippen molar-refractivity contribution >= 4 is 5.91 Å². The fraction of sp³-hybridized carbons (Fsp3) is 0.933. The first-order valence-electron chi connectivity index (χ1n) is 7.57. The quantitative estimate of drug-likeness (QED) is 0.733. The molecule has 0 saturated heterocycles. The highest BCUT2D eigenvalue weighted by Gasteiger charge is 2.20. The second kappa shape index (κ2) is 8.52. The normalized spacial score (nSPS) is 24.2. The lowest BCUT2D eigenvalue weighted by atomic mass is 9.80. The van der Waals surface area contributed by atoms with Crippen LogP contribution in [0.4, 0.5) is 0 Å². The molecule has 0 spiro atoms. The van der Waals surface area contributed by atoms with Gasteiger partial charge in [-0.05, 0) is 37.1 Å². The molecule has 0 heterocycles. The second-order valence-electron chi connectivity index (χ2n) is 6.19. The van der Waals surface area contributed by atoms with Crippen molar-refractivity contribution in [2.45, 2.75) is 52.9 Å². The van der Waals surface area contributed by atoms with Crippen LogP contribution in [0.2, 0.25) is 0 Å². The standard InChI is InChI=1S/C15H30N2O/c1-12(2)8-9-17-15(18)11-16-10-14-7-5-4-6-13(14)3/h12-14,16H,4-11H2,1-3H3,(H,17,18). The number of carbonyl (C=O) groups excluding carboxylic acids is 1. The summed E-state index contributed by atoms with van der Waals surface area (Å²) in [7, 11) is 0. The summed E-state index contributed by atoms with van der Waals surface area (Å²) in [5, 5.41) is 6.27. The molecule has 2 unspecified atom stereocenters. The van der Waals surface area contributed by atoms with Crippen LogP contribution < -0.4 is 10.6 Å². The van der Waals surface area contributed by atoms with Gasteiger partial charge in [0.05, 0.1) is 6.54 Å². The van der Waals surface area contributed by atoms with E-state index in [0.29, 0.717) is 12.5 Å². The van der Waals surface area contributed by atoms with E-state index in [1.807, 2.05) is 0 Å². The Morgan fingerprint density at radius 1 is 1.28 bits per heavy atom. The third-order valence-electron chi connectivity index (χ3n) is 4.03. The second-order valence-corrected chi connectivity index (χ2v) is 6.19. The first-order chi connectivity index (χ1) is 8.59. The first kappa shape index (κ1) is 15.5. The van der Waals surface area contributed by atoms with Gasteiger partial charge in [0.2, 0.25) is 5.91 Å². The molecule has 2 atom stereocenters. The van der Waals surface area contributed by atoms with Crippen molar-refractivity contribution in [1.82, 2.24) is 10.6 Å². The zero-order valence-corrected chi connectivity index (χ0v) is 12.3. The van der Waals surface area contributed by atoms with Crippen LogP contribution in [0.1, 0.15) is 52.9 Å². The van der Waals surface area contributed by atoms with Crippen LogP contribution >= 0.6 is 0 Å². The summed E-state index contributed by atoms with van der Waals surface area (Å²) < 4.78 is 0. The third kappa shape index (κ3) is 6.39.